The maximum Gasteiger partial charge on any atom is 0.416 e. The third-order valence-electron chi connectivity index (χ3n) is 4.49. The summed E-state index contributed by atoms with van der Waals surface area (Å²) in [5.74, 6) is -0.185. The molecule has 132 valence electrons. The van der Waals surface area contributed by atoms with Crippen molar-refractivity contribution < 1.29 is 27.4 Å². The molecule has 24 heavy (non-hydrogen) atoms. The van der Waals surface area contributed by atoms with Crippen molar-refractivity contribution in [2.75, 3.05) is 13.2 Å². The van der Waals surface area contributed by atoms with Crippen LogP contribution in [0.4, 0.5) is 13.2 Å². The van der Waals surface area contributed by atoms with Crippen molar-refractivity contribution in [1.29, 1.82) is 0 Å². The molecule has 2 fully saturated rings. The van der Waals surface area contributed by atoms with E-state index in [-0.39, 0.29) is 30.6 Å². The fraction of sp³-hybridized carbons (Fsp3) is 0.588. The van der Waals surface area contributed by atoms with E-state index in [0.717, 1.165) is 25.0 Å². The number of alkyl halides is 3. The molecule has 4 nitrogen and oxygen atoms in total. The second kappa shape index (κ2) is 7.11. The molecule has 1 saturated heterocycles. The molecule has 0 radical (unpaired) electrons. The quantitative estimate of drug-likeness (QED) is 0.918. The van der Waals surface area contributed by atoms with Crippen molar-refractivity contribution in [3.63, 3.8) is 0 Å². The Bertz CT molecular complexity index is 573. The van der Waals surface area contributed by atoms with E-state index < -0.39 is 11.7 Å². The number of amides is 1. The highest BCUT2D eigenvalue weighted by atomic mass is 19.4. The lowest BCUT2D eigenvalue weighted by atomic mass is 9.89. The Morgan fingerprint density at radius 1 is 1.08 bits per heavy atom. The van der Waals surface area contributed by atoms with Crippen LogP contribution in [0.3, 0.4) is 0 Å². The van der Waals surface area contributed by atoms with Gasteiger partial charge in [-0.2, -0.15) is 13.2 Å². The number of halogens is 3. The molecular weight excluding hydrogens is 323 g/mol. The topological polar surface area (TPSA) is 47.6 Å². The fourth-order valence-corrected chi connectivity index (χ4v) is 3.27. The molecule has 0 bridgehead atoms. The van der Waals surface area contributed by atoms with Gasteiger partial charge in [0.2, 0.25) is 5.91 Å². The average Bonchev–Trinajstić information content (AvgIpc) is 2.54. The number of nitrogens with one attached hydrogen (secondary N) is 1. The summed E-state index contributed by atoms with van der Waals surface area (Å²) in [6, 6.07) is 4.71. The van der Waals surface area contributed by atoms with E-state index in [9.17, 15) is 18.0 Å². The summed E-state index contributed by atoms with van der Waals surface area (Å²) >= 11 is 0. The number of hydrogen-bond donors (Lipinski definition) is 1. The SMILES string of the molecule is O=C(Cc1ccc(C(F)(F)F)cc1)NC1CCC2OCCOC2C1. The molecule has 1 amide bonds. The highest BCUT2D eigenvalue weighted by Gasteiger charge is 2.34. The molecular formula is C17H20F3NO3. The first kappa shape index (κ1) is 17.2. The van der Waals surface area contributed by atoms with E-state index in [4.69, 9.17) is 9.47 Å². The van der Waals surface area contributed by atoms with Crippen LogP contribution in [0, 0.1) is 0 Å². The van der Waals surface area contributed by atoms with Crippen molar-refractivity contribution in [2.24, 2.45) is 0 Å². The Labute approximate surface area is 138 Å². The van der Waals surface area contributed by atoms with E-state index in [0.29, 0.717) is 25.2 Å². The van der Waals surface area contributed by atoms with Gasteiger partial charge in [0.25, 0.3) is 0 Å². The molecule has 3 rings (SSSR count). The van der Waals surface area contributed by atoms with Gasteiger partial charge >= 0.3 is 6.18 Å². The maximum absolute atomic E-state index is 12.5. The summed E-state index contributed by atoms with van der Waals surface area (Å²) in [6.45, 7) is 1.19. The first-order valence-electron chi connectivity index (χ1n) is 8.10. The van der Waals surface area contributed by atoms with Crippen LogP contribution in [0.1, 0.15) is 30.4 Å². The zero-order chi connectivity index (χ0) is 17.2. The van der Waals surface area contributed by atoms with Crippen molar-refractivity contribution in [3.05, 3.63) is 35.4 Å². The smallest absolute Gasteiger partial charge is 0.373 e. The van der Waals surface area contributed by atoms with E-state index in [1.165, 1.54) is 12.1 Å². The molecule has 3 atom stereocenters. The Hall–Kier alpha value is -1.60. The van der Waals surface area contributed by atoms with Crippen molar-refractivity contribution >= 4 is 5.91 Å². The van der Waals surface area contributed by atoms with Crippen LogP contribution >= 0.6 is 0 Å². The second-order valence-corrected chi connectivity index (χ2v) is 6.27. The lowest BCUT2D eigenvalue weighted by Crippen LogP contribution is -2.49. The zero-order valence-corrected chi connectivity index (χ0v) is 13.1. The number of fused-ring (bicyclic) bond motifs is 1. The van der Waals surface area contributed by atoms with Crippen LogP contribution in [0.25, 0.3) is 0 Å². The number of rotatable bonds is 3. The molecule has 1 aromatic rings. The minimum Gasteiger partial charge on any atom is -0.373 e. The highest BCUT2D eigenvalue weighted by Crippen LogP contribution is 2.29. The largest absolute Gasteiger partial charge is 0.416 e. The van der Waals surface area contributed by atoms with E-state index >= 15 is 0 Å². The third-order valence-corrected chi connectivity index (χ3v) is 4.49. The van der Waals surface area contributed by atoms with Crippen LogP contribution < -0.4 is 5.32 Å². The van der Waals surface area contributed by atoms with E-state index in [2.05, 4.69) is 5.32 Å². The van der Waals surface area contributed by atoms with Crippen molar-refractivity contribution in [1.82, 2.24) is 5.32 Å². The summed E-state index contributed by atoms with van der Waals surface area (Å²) in [5, 5.41) is 2.95. The van der Waals surface area contributed by atoms with Crippen LogP contribution in [-0.4, -0.2) is 37.4 Å². The number of hydrogen-bond acceptors (Lipinski definition) is 3. The molecule has 3 unspecified atom stereocenters. The molecule has 1 N–H and O–H groups in total. The van der Waals surface area contributed by atoms with E-state index in [1.807, 2.05) is 0 Å². The zero-order valence-electron chi connectivity index (χ0n) is 13.1. The van der Waals surface area contributed by atoms with Gasteiger partial charge in [-0.3, -0.25) is 4.79 Å². The van der Waals surface area contributed by atoms with Crippen molar-refractivity contribution in [3.8, 4) is 0 Å². The number of carbonyl (C=O) groups excluding carboxylic acids is 1. The Morgan fingerprint density at radius 2 is 1.75 bits per heavy atom. The normalized spacial score (nSPS) is 27.4. The van der Waals surface area contributed by atoms with Gasteiger partial charge < -0.3 is 14.8 Å². The molecule has 1 saturated carbocycles. The number of ether oxygens (including phenoxy) is 2. The number of benzene rings is 1. The van der Waals surface area contributed by atoms with Gasteiger partial charge in [0.05, 0.1) is 37.4 Å². The van der Waals surface area contributed by atoms with Gasteiger partial charge in [0, 0.05) is 6.04 Å². The predicted octanol–water partition coefficient (Wildman–Crippen LogP) is 2.70. The molecule has 1 aromatic carbocycles. The molecule has 0 aromatic heterocycles. The van der Waals surface area contributed by atoms with Crippen molar-refractivity contribution in [2.45, 2.75) is 50.1 Å². The van der Waals surface area contributed by atoms with Crippen LogP contribution in [-0.2, 0) is 26.9 Å². The lowest BCUT2D eigenvalue weighted by molar-refractivity contribution is -0.158. The van der Waals surface area contributed by atoms with Gasteiger partial charge in [-0.05, 0) is 37.0 Å². The fourth-order valence-electron chi connectivity index (χ4n) is 3.27. The first-order chi connectivity index (χ1) is 11.4. The van der Waals surface area contributed by atoms with Gasteiger partial charge in [-0.15, -0.1) is 0 Å². The molecule has 0 spiro atoms. The molecule has 1 aliphatic carbocycles. The monoisotopic (exact) mass is 343 g/mol. The summed E-state index contributed by atoms with van der Waals surface area (Å²) in [5.41, 5.74) is -0.147. The van der Waals surface area contributed by atoms with Gasteiger partial charge in [-0.1, -0.05) is 12.1 Å². The molecule has 2 aliphatic rings. The summed E-state index contributed by atoms with van der Waals surface area (Å²) in [4.78, 5) is 12.1. The Kier molecular flexibility index (Phi) is 5.10. The second-order valence-electron chi connectivity index (χ2n) is 6.27. The summed E-state index contributed by atoms with van der Waals surface area (Å²) in [7, 11) is 0. The highest BCUT2D eigenvalue weighted by molar-refractivity contribution is 5.78. The van der Waals surface area contributed by atoms with Gasteiger partial charge in [0.15, 0.2) is 0 Å². The number of carbonyl (C=O) groups is 1. The van der Waals surface area contributed by atoms with E-state index in [1.54, 1.807) is 0 Å². The van der Waals surface area contributed by atoms with Crippen LogP contribution in [0.5, 0.6) is 0 Å². The average molecular weight is 343 g/mol. The standard InChI is InChI=1S/C17H20F3NO3/c18-17(19,20)12-3-1-11(2-4-12)9-16(22)21-13-5-6-14-15(10-13)24-8-7-23-14/h1-4,13-15H,5-10H2,(H,21,22). The summed E-state index contributed by atoms with van der Waals surface area (Å²) < 4.78 is 48.9. The lowest BCUT2D eigenvalue weighted by Gasteiger charge is -2.39. The molecule has 1 heterocycles. The Morgan fingerprint density at radius 3 is 2.42 bits per heavy atom. The first-order valence-corrected chi connectivity index (χ1v) is 8.10. The van der Waals surface area contributed by atoms with Crippen LogP contribution in [0.2, 0.25) is 0 Å². The third kappa shape index (κ3) is 4.27. The summed E-state index contributed by atoms with van der Waals surface area (Å²) in [6.07, 6.45) is -1.78. The molecule has 7 heteroatoms. The minimum absolute atomic E-state index is 0.0175. The maximum atomic E-state index is 12.5. The van der Waals surface area contributed by atoms with Gasteiger partial charge in [0.1, 0.15) is 0 Å². The molecule has 1 aliphatic heterocycles. The van der Waals surface area contributed by atoms with Crippen LogP contribution in [0.15, 0.2) is 24.3 Å². The minimum atomic E-state index is -4.36. The van der Waals surface area contributed by atoms with Gasteiger partial charge in [-0.25, -0.2) is 0 Å². The Balaban J connectivity index is 1.50. The predicted molar refractivity (Wildman–Crippen MR) is 80.4 cm³/mol.